The van der Waals surface area contributed by atoms with Crippen molar-refractivity contribution in [2.24, 2.45) is 5.92 Å². The van der Waals surface area contributed by atoms with Crippen molar-refractivity contribution in [2.75, 3.05) is 19.8 Å². The normalized spacial score (nSPS) is 12.4. The van der Waals surface area contributed by atoms with Crippen LogP contribution in [0.5, 0.6) is 5.75 Å². The van der Waals surface area contributed by atoms with Crippen molar-refractivity contribution in [2.45, 2.75) is 26.9 Å². The van der Waals surface area contributed by atoms with E-state index >= 15 is 0 Å². The average Bonchev–Trinajstić information content (AvgIpc) is 2.37. The van der Waals surface area contributed by atoms with Gasteiger partial charge >= 0.3 is 0 Å². The van der Waals surface area contributed by atoms with Crippen molar-refractivity contribution in [1.29, 1.82) is 0 Å². The highest BCUT2D eigenvalue weighted by Gasteiger charge is 2.15. The Labute approximate surface area is 118 Å². The molecule has 0 aliphatic rings. The van der Waals surface area contributed by atoms with Gasteiger partial charge in [0.2, 0.25) is 0 Å². The van der Waals surface area contributed by atoms with Gasteiger partial charge in [-0.2, -0.15) is 0 Å². The monoisotopic (exact) mass is 283 g/mol. The molecule has 6 nitrogen and oxygen atoms in total. The maximum Gasteiger partial charge on any atom is 0.270 e. The minimum atomic E-state index is -0.832. The minimum absolute atomic E-state index is 0.0655. The van der Waals surface area contributed by atoms with Gasteiger partial charge in [-0.25, -0.2) is 0 Å². The number of non-ortho nitro benzene ring substituents is 1. The Bertz CT molecular complexity index is 445. The van der Waals surface area contributed by atoms with Gasteiger partial charge in [0.05, 0.1) is 17.6 Å². The van der Waals surface area contributed by atoms with Crippen LogP contribution in [0.25, 0.3) is 0 Å². The number of benzene rings is 1. The van der Waals surface area contributed by atoms with E-state index in [0.29, 0.717) is 37.1 Å². The molecule has 1 atom stereocenters. The topological polar surface area (TPSA) is 81.8 Å². The van der Waals surface area contributed by atoms with Crippen molar-refractivity contribution in [3.05, 3.63) is 33.9 Å². The Morgan fingerprint density at radius 1 is 1.30 bits per heavy atom. The van der Waals surface area contributed by atoms with Crippen LogP contribution in [0.3, 0.4) is 0 Å². The largest absolute Gasteiger partial charge is 0.491 e. The van der Waals surface area contributed by atoms with E-state index in [-0.39, 0.29) is 5.69 Å². The molecule has 6 heteroatoms. The van der Waals surface area contributed by atoms with E-state index < -0.39 is 11.0 Å². The Morgan fingerprint density at radius 2 is 2.00 bits per heavy atom. The van der Waals surface area contributed by atoms with E-state index in [0.717, 1.165) is 0 Å². The Morgan fingerprint density at radius 3 is 2.55 bits per heavy atom. The summed E-state index contributed by atoms with van der Waals surface area (Å²) in [5.41, 5.74) is 0.340. The molecule has 0 radical (unpaired) electrons. The molecule has 0 aromatic heterocycles. The molecule has 0 amide bonds. The predicted octanol–water partition coefficient (Wildman–Crippen LogP) is 2.70. The molecule has 0 aliphatic carbocycles. The van der Waals surface area contributed by atoms with Crippen molar-refractivity contribution >= 4 is 5.69 Å². The van der Waals surface area contributed by atoms with Crippen LogP contribution in [0.1, 0.15) is 32.4 Å². The third-order valence-electron chi connectivity index (χ3n) is 2.59. The van der Waals surface area contributed by atoms with E-state index in [2.05, 4.69) is 13.8 Å². The van der Waals surface area contributed by atoms with Gasteiger partial charge in [0.15, 0.2) is 0 Å². The summed E-state index contributed by atoms with van der Waals surface area (Å²) in [4.78, 5) is 10.2. The first-order valence-electron chi connectivity index (χ1n) is 6.58. The summed E-state index contributed by atoms with van der Waals surface area (Å²) in [5, 5.41) is 20.4. The first-order chi connectivity index (χ1) is 9.41. The number of aliphatic hydroxyl groups is 1. The molecule has 0 spiro atoms. The molecule has 0 heterocycles. The van der Waals surface area contributed by atoms with Crippen molar-refractivity contribution in [3.63, 3.8) is 0 Å². The Kier molecular flexibility index (Phi) is 6.41. The van der Waals surface area contributed by atoms with Crippen molar-refractivity contribution < 1.29 is 19.5 Å². The molecule has 0 aliphatic heterocycles. The fourth-order valence-electron chi connectivity index (χ4n) is 1.64. The van der Waals surface area contributed by atoms with Gasteiger partial charge in [-0.05, 0) is 18.9 Å². The molecule has 0 bridgehead atoms. The van der Waals surface area contributed by atoms with Gasteiger partial charge in [-0.1, -0.05) is 13.8 Å². The van der Waals surface area contributed by atoms with Crippen LogP contribution in [0.15, 0.2) is 18.2 Å². The molecular weight excluding hydrogens is 262 g/mol. The van der Waals surface area contributed by atoms with Gasteiger partial charge in [-0.3, -0.25) is 10.1 Å². The van der Waals surface area contributed by atoms with Gasteiger partial charge in [0.25, 0.3) is 5.69 Å². The number of rotatable bonds is 8. The molecule has 20 heavy (non-hydrogen) atoms. The number of nitrogens with zero attached hydrogens (tertiary/aromatic N) is 1. The fraction of sp³-hybridized carbons (Fsp3) is 0.571. The third kappa shape index (κ3) is 5.14. The summed E-state index contributed by atoms with van der Waals surface area (Å²) < 4.78 is 10.9. The second-order valence-electron chi connectivity index (χ2n) is 4.97. The van der Waals surface area contributed by atoms with Crippen molar-refractivity contribution in [3.8, 4) is 5.75 Å². The summed E-state index contributed by atoms with van der Waals surface area (Å²) in [6.07, 6.45) is -0.832. The molecule has 1 aromatic carbocycles. The summed E-state index contributed by atoms with van der Waals surface area (Å²) >= 11 is 0. The molecule has 1 N–H and O–H groups in total. The number of hydrogen-bond donors (Lipinski definition) is 1. The lowest BCUT2D eigenvalue weighted by Gasteiger charge is -2.13. The van der Waals surface area contributed by atoms with Crippen molar-refractivity contribution in [1.82, 2.24) is 0 Å². The average molecular weight is 283 g/mol. The summed E-state index contributed by atoms with van der Waals surface area (Å²) in [7, 11) is 0. The Balaban J connectivity index is 2.62. The Hall–Kier alpha value is -1.66. The standard InChI is InChI=1S/C14H21NO5/c1-10(2)9-19-6-7-20-14-5-4-12(15(17)18)8-13(14)11(3)16/h4-5,8,10-11,16H,6-7,9H2,1-3H3/t11-/m0/s1. The number of aliphatic hydroxyl groups excluding tert-OH is 1. The highest BCUT2D eigenvalue weighted by molar-refractivity contribution is 5.44. The van der Waals surface area contributed by atoms with Crippen LogP contribution < -0.4 is 4.74 Å². The SMILES string of the molecule is CC(C)COCCOc1ccc([N+](=O)[O-])cc1[C@H](C)O. The van der Waals surface area contributed by atoms with Crippen LogP contribution in [0.2, 0.25) is 0 Å². The van der Waals surface area contributed by atoms with Crippen LogP contribution in [-0.2, 0) is 4.74 Å². The number of ether oxygens (including phenoxy) is 2. The highest BCUT2D eigenvalue weighted by atomic mass is 16.6. The summed E-state index contributed by atoms with van der Waals surface area (Å²) in [6.45, 7) is 7.10. The van der Waals surface area contributed by atoms with E-state index in [1.807, 2.05) is 0 Å². The molecular formula is C14H21NO5. The van der Waals surface area contributed by atoms with E-state index in [1.165, 1.54) is 18.2 Å². The van der Waals surface area contributed by atoms with E-state index in [9.17, 15) is 15.2 Å². The number of nitro benzene ring substituents is 1. The van der Waals surface area contributed by atoms with Gasteiger partial charge < -0.3 is 14.6 Å². The van der Waals surface area contributed by atoms with Crippen LogP contribution >= 0.6 is 0 Å². The maximum atomic E-state index is 10.7. The quantitative estimate of drug-likeness (QED) is 0.450. The summed E-state index contributed by atoms with van der Waals surface area (Å²) in [6, 6.07) is 4.19. The second-order valence-corrected chi connectivity index (χ2v) is 4.97. The van der Waals surface area contributed by atoms with E-state index in [1.54, 1.807) is 6.92 Å². The van der Waals surface area contributed by atoms with Gasteiger partial charge in [0, 0.05) is 24.3 Å². The zero-order valence-electron chi connectivity index (χ0n) is 12.0. The smallest absolute Gasteiger partial charge is 0.270 e. The zero-order chi connectivity index (χ0) is 15.1. The molecule has 1 aromatic rings. The van der Waals surface area contributed by atoms with Crippen LogP contribution in [0, 0.1) is 16.0 Å². The molecule has 1 rings (SSSR count). The lowest BCUT2D eigenvalue weighted by Crippen LogP contribution is -2.11. The maximum absolute atomic E-state index is 10.7. The van der Waals surface area contributed by atoms with Gasteiger partial charge in [-0.15, -0.1) is 0 Å². The molecule has 0 unspecified atom stereocenters. The fourth-order valence-corrected chi connectivity index (χ4v) is 1.64. The number of hydrogen-bond acceptors (Lipinski definition) is 5. The van der Waals surface area contributed by atoms with Gasteiger partial charge in [0.1, 0.15) is 12.4 Å². The third-order valence-corrected chi connectivity index (χ3v) is 2.59. The summed E-state index contributed by atoms with van der Waals surface area (Å²) in [5.74, 6) is 0.904. The first-order valence-corrected chi connectivity index (χ1v) is 6.58. The molecule has 0 saturated carbocycles. The predicted molar refractivity (Wildman–Crippen MR) is 74.9 cm³/mol. The van der Waals surface area contributed by atoms with Crippen LogP contribution in [0.4, 0.5) is 5.69 Å². The molecule has 0 fully saturated rings. The lowest BCUT2D eigenvalue weighted by molar-refractivity contribution is -0.385. The highest BCUT2D eigenvalue weighted by Crippen LogP contribution is 2.29. The first kappa shape index (κ1) is 16.4. The second kappa shape index (κ2) is 7.81. The number of nitro groups is 1. The zero-order valence-corrected chi connectivity index (χ0v) is 12.0. The molecule has 112 valence electrons. The lowest BCUT2D eigenvalue weighted by atomic mass is 10.1. The van der Waals surface area contributed by atoms with E-state index in [4.69, 9.17) is 9.47 Å². The van der Waals surface area contributed by atoms with Crippen LogP contribution in [-0.4, -0.2) is 29.9 Å². The molecule has 0 saturated heterocycles. The minimum Gasteiger partial charge on any atom is -0.491 e.